The van der Waals surface area contributed by atoms with Gasteiger partial charge in [-0.2, -0.15) is 0 Å². The molecule has 2 nitrogen and oxygen atoms in total. The van der Waals surface area contributed by atoms with Gasteiger partial charge in [-0.25, -0.2) is 0 Å². The monoisotopic (exact) mass is 254 g/mol. The van der Waals surface area contributed by atoms with E-state index in [1.807, 2.05) is 0 Å². The van der Waals surface area contributed by atoms with Gasteiger partial charge in [0.25, 0.3) is 0 Å². The van der Waals surface area contributed by atoms with Crippen LogP contribution in [0.5, 0.6) is 0 Å². The third-order valence-corrected chi connectivity index (χ3v) is 3.65. The van der Waals surface area contributed by atoms with Gasteiger partial charge >= 0.3 is 0 Å². The van der Waals surface area contributed by atoms with Crippen LogP contribution >= 0.6 is 12.4 Å². The summed E-state index contributed by atoms with van der Waals surface area (Å²) in [5.74, 6) is 0.605. The Bertz CT molecular complexity index is 315. The molecular formula is C14H23ClN2. The van der Waals surface area contributed by atoms with Crippen molar-refractivity contribution < 1.29 is 0 Å². The maximum Gasteiger partial charge on any atom is 0.0219 e. The highest BCUT2D eigenvalue weighted by molar-refractivity contribution is 5.85. The summed E-state index contributed by atoms with van der Waals surface area (Å²) in [4.78, 5) is 2.55. The topological polar surface area (TPSA) is 29.3 Å². The lowest BCUT2D eigenvalue weighted by Crippen LogP contribution is -2.37. The number of likely N-dealkylation sites (tertiary alicyclic amines) is 1. The first-order chi connectivity index (χ1) is 7.81. The molecule has 3 heteroatoms. The van der Waals surface area contributed by atoms with Gasteiger partial charge in [0.1, 0.15) is 0 Å². The normalized spacial score (nSPS) is 22.1. The zero-order chi connectivity index (χ0) is 11.4. The van der Waals surface area contributed by atoms with Crippen LogP contribution in [0, 0.1) is 0 Å². The molecule has 0 bridgehead atoms. The van der Waals surface area contributed by atoms with Crippen LogP contribution in [0.15, 0.2) is 30.3 Å². The van der Waals surface area contributed by atoms with Gasteiger partial charge in [-0.15, -0.1) is 12.4 Å². The van der Waals surface area contributed by atoms with Crippen LogP contribution in [0.4, 0.5) is 0 Å². The van der Waals surface area contributed by atoms with Gasteiger partial charge in [-0.1, -0.05) is 37.3 Å². The molecule has 1 aliphatic heterocycles. The highest BCUT2D eigenvalue weighted by Gasteiger charge is 2.24. The Morgan fingerprint density at radius 3 is 2.71 bits per heavy atom. The Kier molecular flexibility index (Phi) is 5.96. The lowest BCUT2D eigenvalue weighted by molar-refractivity contribution is 0.246. The van der Waals surface area contributed by atoms with Crippen LogP contribution in [0.25, 0.3) is 0 Å². The second-order valence-electron chi connectivity index (χ2n) is 4.84. The van der Waals surface area contributed by atoms with Crippen molar-refractivity contribution >= 4 is 12.4 Å². The van der Waals surface area contributed by atoms with Crippen LogP contribution in [-0.4, -0.2) is 30.6 Å². The van der Waals surface area contributed by atoms with E-state index < -0.39 is 0 Å². The van der Waals surface area contributed by atoms with E-state index in [-0.39, 0.29) is 12.4 Å². The minimum absolute atomic E-state index is 0. The Morgan fingerprint density at radius 2 is 2.06 bits per heavy atom. The van der Waals surface area contributed by atoms with Crippen molar-refractivity contribution in [3.8, 4) is 0 Å². The molecule has 0 radical (unpaired) electrons. The first kappa shape index (κ1) is 14.5. The maximum atomic E-state index is 5.80. The Hall–Kier alpha value is -0.570. The predicted molar refractivity (Wildman–Crippen MR) is 75.8 cm³/mol. The summed E-state index contributed by atoms with van der Waals surface area (Å²) in [6.45, 7) is 5.48. The first-order valence-electron chi connectivity index (χ1n) is 6.30. The maximum absolute atomic E-state index is 5.80. The summed E-state index contributed by atoms with van der Waals surface area (Å²) in [6, 6.07) is 11.4. The zero-order valence-corrected chi connectivity index (χ0v) is 11.3. The van der Waals surface area contributed by atoms with E-state index in [1.165, 1.54) is 24.9 Å². The molecule has 1 heterocycles. The van der Waals surface area contributed by atoms with E-state index in [0.717, 1.165) is 13.1 Å². The van der Waals surface area contributed by atoms with Crippen molar-refractivity contribution in [3.63, 3.8) is 0 Å². The molecular weight excluding hydrogens is 232 g/mol. The summed E-state index contributed by atoms with van der Waals surface area (Å²) in [7, 11) is 0. The third-order valence-electron chi connectivity index (χ3n) is 3.65. The van der Waals surface area contributed by atoms with Crippen LogP contribution in [-0.2, 0) is 0 Å². The molecule has 0 amide bonds. The molecule has 0 aliphatic carbocycles. The number of nitrogens with zero attached hydrogens (tertiary/aromatic N) is 1. The molecule has 2 unspecified atom stereocenters. The average molecular weight is 255 g/mol. The minimum Gasteiger partial charge on any atom is -0.329 e. The molecule has 17 heavy (non-hydrogen) atoms. The summed E-state index contributed by atoms with van der Waals surface area (Å²) in [6.07, 6.45) is 2.58. The van der Waals surface area contributed by atoms with Gasteiger partial charge < -0.3 is 5.73 Å². The van der Waals surface area contributed by atoms with Crippen molar-refractivity contribution in [2.24, 2.45) is 5.73 Å². The van der Waals surface area contributed by atoms with Gasteiger partial charge in [-0.05, 0) is 30.9 Å². The van der Waals surface area contributed by atoms with Crippen LogP contribution < -0.4 is 5.73 Å². The fourth-order valence-corrected chi connectivity index (χ4v) is 2.64. The Morgan fingerprint density at radius 1 is 1.35 bits per heavy atom. The molecule has 1 saturated heterocycles. The largest absolute Gasteiger partial charge is 0.329 e. The number of nitrogens with two attached hydrogens (primary N) is 1. The Balaban J connectivity index is 0.00000144. The van der Waals surface area contributed by atoms with E-state index in [9.17, 15) is 0 Å². The minimum atomic E-state index is 0. The molecule has 96 valence electrons. The molecule has 0 aromatic heterocycles. The number of rotatable bonds is 4. The third kappa shape index (κ3) is 3.70. The van der Waals surface area contributed by atoms with Crippen LogP contribution in [0.3, 0.4) is 0 Å². The molecule has 2 rings (SSSR count). The molecule has 1 aromatic rings. The van der Waals surface area contributed by atoms with E-state index in [1.54, 1.807) is 0 Å². The lowest BCUT2D eigenvalue weighted by atomic mass is 10.0. The van der Waals surface area contributed by atoms with E-state index in [0.29, 0.717) is 12.0 Å². The zero-order valence-electron chi connectivity index (χ0n) is 10.5. The molecule has 1 aromatic carbocycles. The fraction of sp³-hybridized carbons (Fsp3) is 0.571. The van der Waals surface area contributed by atoms with Crippen molar-refractivity contribution in [1.29, 1.82) is 0 Å². The molecule has 2 atom stereocenters. The average Bonchev–Trinajstić information content (AvgIpc) is 2.77. The second-order valence-corrected chi connectivity index (χ2v) is 4.84. The molecule has 2 N–H and O–H groups in total. The van der Waals surface area contributed by atoms with E-state index in [4.69, 9.17) is 5.73 Å². The molecule has 1 fully saturated rings. The fourth-order valence-electron chi connectivity index (χ4n) is 2.64. The van der Waals surface area contributed by atoms with Crippen molar-refractivity contribution in [1.82, 2.24) is 4.90 Å². The second kappa shape index (κ2) is 7.00. The number of hydrogen-bond donors (Lipinski definition) is 1. The highest BCUT2D eigenvalue weighted by atomic mass is 35.5. The van der Waals surface area contributed by atoms with Gasteiger partial charge in [0.2, 0.25) is 0 Å². The van der Waals surface area contributed by atoms with Crippen molar-refractivity contribution in [2.45, 2.75) is 31.7 Å². The van der Waals surface area contributed by atoms with E-state index in [2.05, 4.69) is 42.2 Å². The molecule has 0 spiro atoms. The van der Waals surface area contributed by atoms with Gasteiger partial charge in [0.15, 0.2) is 0 Å². The highest BCUT2D eigenvalue weighted by Crippen LogP contribution is 2.22. The lowest BCUT2D eigenvalue weighted by Gasteiger charge is -2.26. The van der Waals surface area contributed by atoms with Crippen molar-refractivity contribution in [3.05, 3.63) is 35.9 Å². The van der Waals surface area contributed by atoms with Gasteiger partial charge in [0.05, 0.1) is 0 Å². The van der Waals surface area contributed by atoms with Crippen LogP contribution in [0.2, 0.25) is 0 Å². The number of hydrogen-bond acceptors (Lipinski definition) is 2. The summed E-state index contributed by atoms with van der Waals surface area (Å²) in [5.41, 5.74) is 7.23. The summed E-state index contributed by atoms with van der Waals surface area (Å²) >= 11 is 0. The first-order valence-corrected chi connectivity index (χ1v) is 6.30. The smallest absolute Gasteiger partial charge is 0.0219 e. The summed E-state index contributed by atoms with van der Waals surface area (Å²) < 4.78 is 0. The SMILES string of the molecule is CC(CN1CCCC1CN)c1ccccc1.Cl. The van der Waals surface area contributed by atoms with Gasteiger partial charge in [0, 0.05) is 19.1 Å². The number of halogens is 1. The number of benzene rings is 1. The quantitative estimate of drug-likeness (QED) is 0.895. The standard InChI is InChI=1S/C14H22N2.ClH/c1-12(13-6-3-2-4-7-13)11-16-9-5-8-14(16)10-15;/h2-4,6-7,12,14H,5,8-11,15H2,1H3;1H. The molecule has 1 aliphatic rings. The van der Waals surface area contributed by atoms with E-state index >= 15 is 0 Å². The molecule has 0 saturated carbocycles. The van der Waals surface area contributed by atoms with Crippen molar-refractivity contribution in [2.75, 3.05) is 19.6 Å². The van der Waals surface area contributed by atoms with Crippen LogP contribution in [0.1, 0.15) is 31.2 Å². The Labute approximate surface area is 111 Å². The summed E-state index contributed by atoms with van der Waals surface area (Å²) in [5, 5.41) is 0. The van der Waals surface area contributed by atoms with Gasteiger partial charge in [-0.3, -0.25) is 4.90 Å². The predicted octanol–water partition coefficient (Wildman–Crippen LogP) is 2.64.